The molecule has 1 nitrogen and oxygen atoms in total. The van der Waals surface area contributed by atoms with Crippen LogP contribution in [0.3, 0.4) is 0 Å². The summed E-state index contributed by atoms with van der Waals surface area (Å²) in [5.74, 6) is 0. The van der Waals surface area contributed by atoms with Gasteiger partial charge in [0.2, 0.25) is 0 Å². The van der Waals surface area contributed by atoms with Crippen molar-refractivity contribution in [2.75, 3.05) is 6.54 Å². The third kappa shape index (κ3) is 1.91. The zero-order valence-corrected chi connectivity index (χ0v) is 11.0. The number of thiophene rings is 1. The van der Waals surface area contributed by atoms with E-state index in [1.165, 1.54) is 43.6 Å². The topological polar surface area (TPSA) is 3.24 Å². The lowest BCUT2D eigenvalue weighted by Gasteiger charge is -2.38. The molecule has 88 valence electrons. The molecule has 1 aliphatic carbocycles. The van der Waals surface area contributed by atoms with Gasteiger partial charge in [-0.15, -0.1) is 0 Å². The van der Waals surface area contributed by atoms with Crippen molar-refractivity contribution in [1.82, 2.24) is 4.31 Å². The maximum atomic E-state index is 12.9. The van der Waals surface area contributed by atoms with Crippen LogP contribution in [0.5, 0.6) is 0 Å². The van der Waals surface area contributed by atoms with E-state index in [9.17, 15) is 4.39 Å². The predicted octanol–water partition coefficient (Wildman–Crippen LogP) is 4.16. The third-order valence-corrected chi connectivity index (χ3v) is 6.06. The van der Waals surface area contributed by atoms with Gasteiger partial charge in [0.05, 0.1) is 4.21 Å². The van der Waals surface area contributed by atoms with Gasteiger partial charge in [0.15, 0.2) is 5.13 Å². The first kappa shape index (κ1) is 11.1. The Labute approximate surface area is 104 Å². The SMILES string of the molecule is CC1CC2(CCC2)CN1Sc1ccc(F)s1. The van der Waals surface area contributed by atoms with E-state index in [1.54, 1.807) is 18.0 Å². The van der Waals surface area contributed by atoms with Crippen molar-refractivity contribution in [2.24, 2.45) is 5.41 Å². The molecular formula is C12H16FNS2. The summed E-state index contributed by atoms with van der Waals surface area (Å²) < 4.78 is 16.4. The quantitative estimate of drug-likeness (QED) is 0.732. The lowest BCUT2D eigenvalue weighted by Crippen LogP contribution is -2.31. The fourth-order valence-corrected chi connectivity index (χ4v) is 5.00. The van der Waals surface area contributed by atoms with E-state index < -0.39 is 0 Å². The highest BCUT2D eigenvalue weighted by Gasteiger charge is 2.46. The summed E-state index contributed by atoms with van der Waals surface area (Å²) in [7, 11) is 0. The fraction of sp³-hybridized carbons (Fsp3) is 0.667. The molecule has 0 aromatic carbocycles. The van der Waals surface area contributed by atoms with Crippen molar-refractivity contribution in [1.29, 1.82) is 0 Å². The molecule has 1 spiro atoms. The van der Waals surface area contributed by atoms with E-state index in [0.29, 0.717) is 11.5 Å². The lowest BCUT2D eigenvalue weighted by molar-refractivity contribution is 0.154. The highest BCUT2D eigenvalue weighted by molar-refractivity contribution is 7.98. The summed E-state index contributed by atoms with van der Waals surface area (Å²) in [6.45, 7) is 3.49. The molecule has 0 N–H and O–H groups in total. The van der Waals surface area contributed by atoms with Crippen LogP contribution in [0.4, 0.5) is 4.39 Å². The Hall–Kier alpha value is -0.0600. The number of hydrogen-bond acceptors (Lipinski definition) is 3. The van der Waals surface area contributed by atoms with Crippen molar-refractivity contribution in [3.05, 3.63) is 17.3 Å². The molecule has 1 saturated carbocycles. The van der Waals surface area contributed by atoms with Gasteiger partial charge >= 0.3 is 0 Å². The number of hydrogen-bond donors (Lipinski definition) is 0. The molecule has 0 radical (unpaired) electrons. The van der Waals surface area contributed by atoms with Crippen molar-refractivity contribution in [2.45, 2.75) is 42.9 Å². The third-order valence-electron chi connectivity index (χ3n) is 3.88. The van der Waals surface area contributed by atoms with Gasteiger partial charge in [-0.1, -0.05) is 17.8 Å². The summed E-state index contributed by atoms with van der Waals surface area (Å²) >= 11 is 3.00. The van der Waals surface area contributed by atoms with Crippen LogP contribution in [-0.2, 0) is 0 Å². The first-order valence-corrected chi connectivity index (χ1v) is 7.46. The molecule has 2 heterocycles. The second-order valence-electron chi connectivity index (χ2n) is 5.13. The van der Waals surface area contributed by atoms with Crippen LogP contribution in [0.15, 0.2) is 16.3 Å². The van der Waals surface area contributed by atoms with Crippen LogP contribution in [0.1, 0.15) is 32.6 Å². The Morgan fingerprint density at radius 2 is 2.31 bits per heavy atom. The molecule has 1 unspecified atom stereocenters. The predicted molar refractivity (Wildman–Crippen MR) is 67.2 cm³/mol. The Morgan fingerprint density at radius 1 is 1.50 bits per heavy atom. The molecular weight excluding hydrogens is 241 g/mol. The molecule has 0 bridgehead atoms. The van der Waals surface area contributed by atoms with Crippen LogP contribution in [0.2, 0.25) is 0 Å². The van der Waals surface area contributed by atoms with Gasteiger partial charge in [-0.05, 0) is 55.7 Å². The van der Waals surface area contributed by atoms with Crippen LogP contribution in [0, 0.1) is 10.5 Å². The average Bonchev–Trinajstić information content (AvgIpc) is 2.72. The minimum atomic E-state index is -0.0762. The number of nitrogens with zero attached hydrogens (tertiary/aromatic N) is 1. The second-order valence-corrected chi connectivity index (χ2v) is 7.52. The van der Waals surface area contributed by atoms with Gasteiger partial charge in [0, 0.05) is 12.6 Å². The van der Waals surface area contributed by atoms with E-state index in [0.717, 1.165) is 4.21 Å². The number of halogens is 1. The Balaban J connectivity index is 1.67. The molecule has 0 amide bonds. The van der Waals surface area contributed by atoms with Crippen LogP contribution < -0.4 is 0 Å². The molecule has 1 saturated heterocycles. The van der Waals surface area contributed by atoms with Gasteiger partial charge in [-0.3, -0.25) is 0 Å². The lowest BCUT2D eigenvalue weighted by atomic mass is 9.68. The van der Waals surface area contributed by atoms with Crippen molar-refractivity contribution >= 4 is 23.3 Å². The zero-order chi connectivity index (χ0) is 11.2. The minimum Gasteiger partial charge on any atom is -0.242 e. The van der Waals surface area contributed by atoms with Gasteiger partial charge in [0.1, 0.15) is 0 Å². The maximum absolute atomic E-state index is 12.9. The Kier molecular flexibility index (Phi) is 2.76. The van der Waals surface area contributed by atoms with Gasteiger partial charge in [-0.2, -0.15) is 4.39 Å². The molecule has 1 atom stereocenters. The van der Waals surface area contributed by atoms with E-state index in [1.807, 2.05) is 6.07 Å². The molecule has 2 aliphatic rings. The van der Waals surface area contributed by atoms with E-state index >= 15 is 0 Å². The smallest absolute Gasteiger partial charge is 0.177 e. The summed E-state index contributed by atoms with van der Waals surface area (Å²) in [6.07, 6.45) is 5.52. The molecule has 1 aromatic heterocycles. The normalized spacial score (nSPS) is 28.5. The molecule has 16 heavy (non-hydrogen) atoms. The summed E-state index contributed by atoms with van der Waals surface area (Å²) in [4.78, 5) is 0. The Morgan fingerprint density at radius 3 is 2.81 bits per heavy atom. The fourth-order valence-electron chi connectivity index (χ4n) is 2.90. The second kappa shape index (κ2) is 4.00. The average molecular weight is 257 g/mol. The van der Waals surface area contributed by atoms with Gasteiger partial charge in [0.25, 0.3) is 0 Å². The highest BCUT2D eigenvalue weighted by Crippen LogP contribution is 2.52. The van der Waals surface area contributed by atoms with E-state index in [2.05, 4.69) is 11.2 Å². The Bertz CT molecular complexity index is 386. The zero-order valence-electron chi connectivity index (χ0n) is 9.41. The van der Waals surface area contributed by atoms with Crippen LogP contribution in [0.25, 0.3) is 0 Å². The first-order chi connectivity index (χ1) is 7.67. The van der Waals surface area contributed by atoms with Crippen LogP contribution >= 0.6 is 23.3 Å². The minimum absolute atomic E-state index is 0.0762. The molecule has 2 fully saturated rings. The molecule has 1 aliphatic heterocycles. The maximum Gasteiger partial charge on any atom is 0.177 e. The van der Waals surface area contributed by atoms with Crippen molar-refractivity contribution in [3.63, 3.8) is 0 Å². The molecule has 4 heteroatoms. The monoisotopic (exact) mass is 257 g/mol. The molecule has 1 aromatic rings. The van der Waals surface area contributed by atoms with Crippen molar-refractivity contribution in [3.8, 4) is 0 Å². The standard InChI is InChI=1S/C12H16FNS2/c1-9-7-12(5-2-6-12)8-14(9)16-11-4-3-10(13)15-11/h3-4,9H,2,5-8H2,1H3. The van der Waals surface area contributed by atoms with Crippen LogP contribution in [-0.4, -0.2) is 16.9 Å². The summed E-state index contributed by atoms with van der Waals surface area (Å²) in [5, 5.41) is -0.0762. The largest absolute Gasteiger partial charge is 0.242 e. The summed E-state index contributed by atoms with van der Waals surface area (Å²) in [5.41, 5.74) is 0.613. The van der Waals surface area contributed by atoms with E-state index in [4.69, 9.17) is 0 Å². The van der Waals surface area contributed by atoms with Gasteiger partial charge in [-0.25, -0.2) is 4.31 Å². The van der Waals surface area contributed by atoms with Gasteiger partial charge < -0.3 is 0 Å². The first-order valence-electron chi connectivity index (χ1n) is 5.87. The van der Waals surface area contributed by atoms with E-state index in [-0.39, 0.29) is 5.13 Å². The number of rotatable bonds is 2. The molecule has 3 rings (SSSR count). The summed E-state index contributed by atoms with van der Waals surface area (Å²) in [6, 6.07) is 4.09. The van der Waals surface area contributed by atoms with Crippen molar-refractivity contribution < 1.29 is 4.39 Å². The highest BCUT2D eigenvalue weighted by atomic mass is 32.2.